The van der Waals surface area contributed by atoms with Gasteiger partial charge >= 0.3 is 0 Å². The van der Waals surface area contributed by atoms with Crippen molar-refractivity contribution in [1.29, 1.82) is 0 Å². The Bertz CT molecular complexity index is 701. The molecule has 2 N–H and O–H groups in total. The molecule has 1 heterocycles. The van der Waals surface area contributed by atoms with Crippen molar-refractivity contribution >= 4 is 5.96 Å². The van der Waals surface area contributed by atoms with E-state index in [4.69, 9.17) is 14.5 Å². The Balaban J connectivity index is 1.94. The van der Waals surface area contributed by atoms with Crippen molar-refractivity contribution in [2.24, 2.45) is 4.99 Å². The van der Waals surface area contributed by atoms with Crippen molar-refractivity contribution < 1.29 is 9.47 Å². The minimum absolute atomic E-state index is 0.538. The molecular weight excluding hydrogens is 344 g/mol. The monoisotopic (exact) mass is 374 g/mol. The lowest BCUT2D eigenvalue weighted by Crippen LogP contribution is -2.39. The molecule has 0 spiro atoms. The highest BCUT2D eigenvalue weighted by Crippen LogP contribution is 2.17. The van der Waals surface area contributed by atoms with Gasteiger partial charge < -0.3 is 24.7 Å². The predicted octanol–water partition coefficient (Wildman–Crippen LogP) is 1.62. The maximum Gasteiger partial charge on any atom is 0.191 e. The second-order valence-electron chi connectivity index (χ2n) is 5.97. The Morgan fingerprint density at radius 2 is 2.00 bits per heavy atom. The van der Waals surface area contributed by atoms with Gasteiger partial charge in [-0.05, 0) is 12.5 Å². The number of aromatic nitrogens is 3. The van der Waals surface area contributed by atoms with E-state index in [0.717, 1.165) is 55.6 Å². The first-order valence-electron chi connectivity index (χ1n) is 9.28. The van der Waals surface area contributed by atoms with Gasteiger partial charge in [-0.15, -0.1) is 10.2 Å². The van der Waals surface area contributed by atoms with Crippen LogP contribution in [0, 0.1) is 0 Å². The van der Waals surface area contributed by atoms with Crippen LogP contribution in [-0.4, -0.2) is 54.6 Å². The van der Waals surface area contributed by atoms with Gasteiger partial charge in [0.2, 0.25) is 0 Å². The van der Waals surface area contributed by atoms with Gasteiger partial charge in [0.05, 0.1) is 13.7 Å². The number of methoxy groups -OCH3 is 2. The number of rotatable bonds is 11. The van der Waals surface area contributed by atoms with E-state index in [-0.39, 0.29) is 0 Å². The Morgan fingerprint density at radius 1 is 1.19 bits per heavy atom. The van der Waals surface area contributed by atoms with Crippen LogP contribution in [-0.2, 0) is 24.2 Å². The molecule has 0 saturated heterocycles. The zero-order valence-corrected chi connectivity index (χ0v) is 16.4. The molecule has 0 aliphatic rings. The summed E-state index contributed by atoms with van der Waals surface area (Å²) >= 11 is 0. The summed E-state index contributed by atoms with van der Waals surface area (Å²) in [5.74, 6) is 2.59. The molecule has 0 radical (unpaired) electrons. The molecule has 0 unspecified atom stereocenters. The lowest BCUT2D eigenvalue weighted by molar-refractivity contribution is 0.195. The Labute approximate surface area is 161 Å². The van der Waals surface area contributed by atoms with E-state index >= 15 is 0 Å². The third-order valence-corrected chi connectivity index (χ3v) is 4.07. The highest BCUT2D eigenvalue weighted by Gasteiger charge is 2.04. The SMILES string of the molecule is CCc1nncn1CCNC(=NCc1ccccc1OC)NCCCOC. The van der Waals surface area contributed by atoms with E-state index in [1.165, 1.54) is 0 Å². The van der Waals surface area contributed by atoms with E-state index in [1.54, 1.807) is 20.5 Å². The molecule has 0 bridgehead atoms. The quantitative estimate of drug-likeness (QED) is 0.353. The lowest BCUT2D eigenvalue weighted by Gasteiger charge is -2.14. The first-order chi connectivity index (χ1) is 13.3. The summed E-state index contributed by atoms with van der Waals surface area (Å²) in [6.45, 7) is 5.63. The predicted molar refractivity (Wildman–Crippen MR) is 106 cm³/mol. The zero-order chi connectivity index (χ0) is 19.3. The highest BCUT2D eigenvalue weighted by molar-refractivity contribution is 5.79. The van der Waals surface area contributed by atoms with E-state index < -0.39 is 0 Å². The van der Waals surface area contributed by atoms with Gasteiger partial charge in [0.25, 0.3) is 0 Å². The van der Waals surface area contributed by atoms with Crippen LogP contribution in [0.5, 0.6) is 5.75 Å². The van der Waals surface area contributed by atoms with Gasteiger partial charge in [0.15, 0.2) is 5.96 Å². The van der Waals surface area contributed by atoms with E-state index in [2.05, 4.69) is 32.3 Å². The summed E-state index contributed by atoms with van der Waals surface area (Å²) in [5.41, 5.74) is 1.05. The minimum atomic E-state index is 0.538. The van der Waals surface area contributed by atoms with Crippen molar-refractivity contribution in [3.8, 4) is 5.75 Å². The summed E-state index contributed by atoms with van der Waals surface area (Å²) in [5, 5.41) is 14.8. The third-order valence-electron chi connectivity index (χ3n) is 4.07. The summed E-state index contributed by atoms with van der Waals surface area (Å²) in [4.78, 5) is 4.69. The van der Waals surface area contributed by atoms with Crippen LogP contribution < -0.4 is 15.4 Å². The number of hydrogen-bond donors (Lipinski definition) is 2. The molecule has 0 atom stereocenters. The smallest absolute Gasteiger partial charge is 0.191 e. The number of benzene rings is 1. The van der Waals surface area contributed by atoms with Crippen LogP contribution in [0.4, 0.5) is 0 Å². The number of nitrogens with zero attached hydrogens (tertiary/aromatic N) is 4. The maximum absolute atomic E-state index is 5.40. The molecule has 1 aromatic carbocycles. The van der Waals surface area contributed by atoms with Crippen molar-refractivity contribution in [1.82, 2.24) is 25.4 Å². The number of nitrogens with one attached hydrogen (secondary N) is 2. The topological polar surface area (TPSA) is 85.6 Å². The zero-order valence-electron chi connectivity index (χ0n) is 16.4. The number of aliphatic imine (C=N–C) groups is 1. The molecular formula is C19H30N6O2. The first-order valence-corrected chi connectivity index (χ1v) is 9.28. The van der Waals surface area contributed by atoms with Crippen molar-refractivity contribution in [3.05, 3.63) is 42.0 Å². The fraction of sp³-hybridized carbons (Fsp3) is 0.526. The third kappa shape index (κ3) is 6.90. The van der Waals surface area contributed by atoms with Crippen LogP contribution in [0.25, 0.3) is 0 Å². The molecule has 1 aromatic heterocycles. The average Bonchev–Trinajstić information content (AvgIpc) is 3.16. The fourth-order valence-corrected chi connectivity index (χ4v) is 2.63. The van der Waals surface area contributed by atoms with Crippen LogP contribution in [0.2, 0.25) is 0 Å². The van der Waals surface area contributed by atoms with Crippen molar-refractivity contribution in [3.63, 3.8) is 0 Å². The summed E-state index contributed by atoms with van der Waals surface area (Å²) < 4.78 is 12.6. The number of hydrogen-bond acceptors (Lipinski definition) is 5. The average molecular weight is 374 g/mol. The summed E-state index contributed by atoms with van der Waals surface area (Å²) in [6.07, 6.45) is 3.54. The van der Waals surface area contributed by atoms with Gasteiger partial charge in [-0.3, -0.25) is 0 Å². The maximum atomic E-state index is 5.40. The van der Waals surface area contributed by atoms with Gasteiger partial charge in [-0.25, -0.2) is 4.99 Å². The molecule has 27 heavy (non-hydrogen) atoms. The molecule has 2 rings (SSSR count). The summed E-state index contributed by atoms with van der Waals surface area (Å²) in [6, 6.07) is 7.92. The number of guanidine groups is 1. The Morgan fingerprint density at radius 3 is 2.78 bits per heavy atom. The van der Waals surface area contributed by atoms with Gasteiger partial charge in [0.1, 0.15) is 17.9 Å². The molecule has 148 valence electrons. The van der Waals surface area contributed by atoms with Crippen molar-refractivity contribution in [2.45, 2.75) is 32.9 Å². The van der Waals surface area contributed by atoms with E-state index in [9.17, 15) is 0 Å². The van der Waals surface area contributed by atoms with Crippen LogP contribution in [0.15, 0.2) is 35.6 Å². The molecule has 0 aliphatic heterocycles. The lowest BCUT2D eigenvalue weighted by atomic mass is 10.2. The highest BCUT2D eigenvalue weighted by atomic mass is 16.5. The van der Waals surface area contributed by atoms with Gasteiger partial charge in [0, 0.05) is 45.3 Å². The second-order valence-corrected chi connectivity index (χ2v) is 5.97. The molecule has 0 fully saturated rings. The van der Waals surface area contributed by atoms with Crippen LogP contribution >= 0.6 is 0 Å². The molecule has 0 amide bonds. The molecule has 8 nitrogen and oxygen atoms in total. The van der Waals surface area contributed by atoms with Crippen molar-refractivity contribution in [2.75, 3.05) is 33.9 Å². The molecule has 8 heteroatoms. The van der Waals surface area contributed by atoms with Gasteiger partial charge in [-0.1, -0.05) is 25.1 Å². The fourth-order valence-electron chi connectivity index (χ4n) is 2.63. The van der Waals surface area contributed by atoms with E-state index in [0.29, 0.717) is 13.2 Å². The van der Waals surface area contributed by atoms with Crippen LogP contribution in [0.1, 0.15) is 24.7 Å². The molecule has 2 aromatic rings. The standard InChI is InChI=1S/C19H30N6O2/c1-4-18-24-23-15-25(18)12-11-21-19(20-10-7-13-26-2)22-14-16-8-5-6-9-17(16)27-3/h5-6,8-9,15H,4,7,10-14H2,1-3H3,(H2,20,21,22). The van der Waals surface area contributed by atoms with E-state index in [1.807, 2.05) is 24.3 Å². The second kappa shape index (κ2) is 11.9. The van der Waals surface area contributed by atoms with Gasteiger partial charge in [-0.2, -0.15) is 0 Å². The number of aryl methyl sites for hydroxylation is 1. The summed E-state index contributed by atoms with van der Waals surface area (Å²) in [7, 11) is 3.38. The molecule has 0 saturated carbocycles. The number of para-hydroxylation sites is 1. The Hall–Kier alpha value is -2.61. The minimum Gasteiger partial charge on any atom is -0.496 e. The normalized spacial score (nSPS) is 11.4. The van der Waals surface area contributed by atoms with Crippen LogP contribution in [0.3, 0.4) is 0 Å². The largest absolute Gasteiger partial charge is 0.496 e. The number of ether oxygens (including phenoxy) is 2. The molecule has 0 aliphatic carbocycles. The first kappa shape index (κ1) is 20.7. The Kier molecular flexibility index (Phi) is 9.12.